The second-order valence-electron chi connectivity index (χ2n) is 6.38. The van der Waals surface area contributed by atoms with Gasteiger partial charge in [0.2, 0.25) is 12.8 Å². The van der Waals surface area contributed by atoms with E-state index in [9.17, 15) is 9.18 Å². The van der Waals surface area contributed by atoms with Crippen LogP contribution in [-0.4, -0.2) is 48.1 Å². The Labute approximate surface area is 166 Å². The van der Waals surface area contributed by atoms with Gasteiger partial charge in [-0.25, -0.2) is 9.37 Å². The molecule has 0 amide bonds. The second kappa shape index (κ2) is 8.70. The van der Waals surface area contributed by atoms with Crippen molar-refractivity contribution in [2.24, 2.45) is 0 Å². The van der Waals surface area contributed by atoms with E-state index in [1.807, 2.05) is 4.90 Å². The van der Waals surface area contributed by atoms with Crippen LogP contribution in [0.1, 0.15) is 0 Å². The predicted molar refractivity (Wildman–Crippen MR) is 107 cm³/mol. The molecule has 0 bridgehead atoms. The molecule has 1 aromatic carbocycles. The summed E-state index contributed by atoms with van der Waals surface area (Å²) in [6, 6.07) is 10.4. The average molecular weight is 397 g/mol. The monoisotopic (exact) mass is 397 g/mol. The summed E-state index contributed by atoms with van der Waals surface area (Å²) in [6.45, 7) is 1.84. The van der Waals surface area contributed by atoms with Gasteiger partial charge in [0.25, 0.3) is 5.56 Å². The molecule has 1 aliphatic rings. The fourth-order valence-electron chi connectivity index (χ4n) is 3.02. The summed E-state index contributed by atoms with van der Waals surface area (Å²) < 4.78 is 22.4. The molecule has 4 rings (SSSR count). The van der Waals surface area contributed by atoms with Crippen molar-refractivity contribution < 1.29 is 13.9 Å². The minimum absolute atomic E-state index is 0.266. The summed E-state index contributed by atoms with van der Waals surface area (Å²) in [5, 5.41) is 3.07. The van der Waals surface area contributed by atoms with Gasteiger partial charge in [0, 0.05) is 31.0 Å². The molecule has 0 aliphatic carbocycles. The summed E-state index contributed by atoms with van der Waals surface area (Å²) in [5.41, 5.74) is 1.74. The highest BCUT2D eigenvalue weighted by molar-refractivity contribution is 5.69. The maximum atomic E-state index is 12.3. The molecule has 2 N–H and O–H groups in total. The number of anilines is 3. The Balaban J connectivity index is 1.56. The molecule has 0 radical (unpaired) electrons. The fraction of sp³-hybridized carbons (Fsp3) is 0.250. The number of H-pyrrole nitrogens is 1. The SMILES string of the molecule is O=c1[nH]cc(-c2ccc(OCF)cc2)cc1Nc1ccnc(N2CCOCC2)n1. The average Bonchev–Trinajstić information content (AvgIpc) is 2.77. The number of alkyl halides is 1. The van der Waals surface area contributed by atoms with Gasteiger partial charge >= 0.3 is 0 Å². The van der Waals surface area contributed by atoms with Crippen molar-refractivity contribution in [2.75, 3.05) is 43.4 Å². The molecule has 3 aromatic rings. The first-order valence-electron chi connectivity index (χ1n) is 9.17. The van der Waals surface area contributed by atoms with E-state index < -0.39 is 6.86 Å². The normalized spacial score (nSPS) is 13.9. The number of halogens is 1. The second-order valence-corrected chi connectivity index (χ2v) is 6.38. The molecule has 0 saturated carbocycles. The lowest BCUT2D eigenvalue weighted by atomic mass is 10.1. The summed E-state index contributed by atoms with van der Waals surface area (Å²) >= 11 is 0. The molecule has 150 valence electrons. The van der Waals surface area contributed by atoms with Gasteiger partial charge in [-0.1, -0.05) is 12.1 Å². The van der Waals surface area contributed by atoms with Crippen molar-refractivity contribution in [2.45, 2.75) is 0 Å². The Morgan fingerprint density at radius 2 is 1.97 bits per heavy atom. The van der Waals surface area contributed by atoms with E-state index in [1.165, 1.54) is 0 Å². The van der Waals surface area contributed by atoms with Crippen LogP contribution >= 0.6 is 0 Å². The van der Waals surface area contributed by atoms with Gasteiger partial charge in [-0.2, -0.15) is 4.98 Å². The van der Waals surface area contributed by atoms with E-state index in [1.54, 1.807) is 48.8 Å². The number of aromatic nitrogens is 3. The smallest absolute Gasteiger partial charge is 0.271 e. The highest BCUT2D eigenvalue weighted by atomic mass is 19.1. The van der Waals surface area contributed by atoms with Crippen molar-refractivity contribution >= 4 is 17.5 Å². The van der Waals surface area contributed by atoms with Crippen molar-refractivity contribution in [3.8, 4) is 16.9 Å². The topological polar surface area (TPSA) is 92.4 Å². The minimum atomic E-state index is -0.878. The van der Waals surface area contributed by atoms with E-state index in [0.717, 1.165) is 24.2 Å². The van der Waals surface area contributed by atoms with Crippen LogP contribution in [0, 0.1) is 0 Å². The number of ether oxygens (including phenoxy) is 2. The zero-order valence-electron chi connectivity index (χ0n) is 15.6. The first-order chi connectivity index (χ1) is 14.2. The number of nitrogens with one attached hydrogen (secondary N) is 2. The number of aromatic amines is 1. The molecular weight excluding hydrogens is 377 g/mol. The molecule has 8 nitrogen and oxygen atoms in total. The van der Waals surface area contributed by atoms with Crippen molar-refractivity contribution in [3.05, 3.63) is 59.1 Å². The summed E-state index contributed by atoms with van der Waals surface area (Å²) in [4.78, 5) is 25.9. The van der Waals surface area contributed by atoms with Gasteiger partial charge in [0.1, 0.15) is 17.3 Å². The van der Waals surface area contributed by atoms with E-state index in [2.05, 4.69) is 20.3 Å². The lowest BCUT2D eigenvalue weighted by Crippen LogP contribution is -2.37. The third-order valence-electron chi connectivity index (χ3n) is 4.51. The van der Waals surface area contributed by atoms with Crippen LogP contribution in [-0.2, 0) is 4.74 Å². The van der Waals surface area contributed by atoms with Crippen LogP contribution in [0.15, 0.2) is 53.6 Å². The molecular formula is C20H20FN5O3. The van der Waals surface area contributed by atoms with Crippen LogP contribution in [0.2, 0.25) is 0 Å². The molecule has 1 fully saturated rings. The highest BCUT2D eigenvalue weighted by Crippen LogP contribution is 2.24. The number of nitrogens with zero attached hydrogens (tertiary/aromatic N) is 3. The summed E-state index contributed by atoms with van der Waals surface area (Å²) in [6.07, 6.45) is 3.28. The van der Waals surface area contributed by atoms with Gasteiger partial charge in [0.15, 0.2) is 0 Å². The third-order valence-corrected chi connectivity index (χ3v) is 4.51. The van der Waals surface area contributed by atoms with Crippen molar-refractivity contribution in [1.82, 2.24) is 15.0 Å². The quantitative estimate of drug-likeness (QED) is 0.661. The van der Waals surface area contributed by atoms with Gasteiger partial charge in [-0.05, 0) is 29.8 Å². The van der Waals surface area contributed by atoms with Crippen LogP contribution in [0.25, 0.3) is 11.1 Å². The maximum absolute atomic E-state index is 12.3. The molecule has 0 atom stereocenters. The Kier molecular flexibility index (Phi) is 5.66. The van der Waals surface area contributed by atoms with Gasteiger partial charge in [-0.3, -0.25) is 4.79 Å². The van der Waals surface area contributed by atoms with Crippen LogP contribution < -0.4 is 20.5 Å². The number of morpholine rings is 1. The lowest BCUT2D eigenvalue weighted by Gasteiger charge is -2.26. The zero-order chi connectivity index (χ0) is 20.1. The van der Waals surface area contributed by atoms with Crippen molar-refractivity contribution in [1.29, 1.82) is 0 Å². The van der Waals surface area contributed by atoms with Crippen LogP contribution in [0.4, 0.5) is 21.8 Å². The highest BCUT2D eigenvalue weighted by Gasteiger charge is 2.14. The molecule has 2 aromatic heterocycles. The minimum Gasteiger partial charge on any atom is -0.463 e. The predicted octanol–water partition coefficient (Wildman–Crippen LogP) is 2.72. The molecule has 1 aliphatic heterocycles. The molecule has 29 heavy (non-hydrogen) atoms. The first kappa shape index (κ1) is 18.9. The number of benzene rings is 1. The number of hydrogen-bond acceptors (Lipinski definition) is 7. The molecule has 0 unspecified atom stereocenters. The fourth-order valence-corrected chi connectivity index (χ4v) is 3.02. The lowest BCUT2D eigenvalue weighted by molar-refractivity contribution is 0.122. The van der Waals surface area contributed by atoms with Gasteiger partial charge in [-0.15, -0.1) is 0 Å². The van der Waals surface area contributed by atoms with E-state index >= 15 is 0 Å². The van der Waals surface area contributed by atoms with Crippen molar-refractivity contribution in [3.63, 3.8) is 0 Å². The Morgan fingerprint density at radius 3 is 2.72 bits per heavy atom. The van der Waals surface area contributed by atoms with E-state index in [0.29, 0.717) is 36.4 Å². The largest absolute Gasteiger partial charge is 0.463 e. The number of rotatable bonds is 6. The number of hydrogen-bond donors (Lipinski definition) is 2. The Hall–Kier alpha value is -3.46. The summed E-state index contributed by atoms with van der Waals surface area (Å²) in [5.74, 6) is 1.56. The third kappa shape index (κ3) is 4.52. The van der Waals surface area contributed by atoms with Gasteiger partial charge in [0.05, 0.1) is 13.2 Å². The molecule has 1 saturated heterocycles. The van der Waals surface area contributed by atoms with E-state index in [-0.39, 0.29) is 5.56 Å². The van der Waals surface area contributed by atoms with Gasteiger partial charge < -0.3 is 24.7 Å². The zero-order valence-corrected chi connectivity index (χ0v) is 15.6. The molecule has 9 heteroatoms. The Morgan fingerprint density at radius 1 is 1.17 bits per heavy atom. The van der Waals surface area contributed by atoms with Crippen LogP contribution in [0.3, 0.4) is 0 Å². The maximum Gasteiger partial charge on any atom is 0.271 e. The number of pyridine rings is 1. The first-order valence-corrected chi connectivity index (χ1v) is 9.17. The van der Waals surface area contributed by atoms with Crippen LogP contribution in [0.5, 0.6) is 5.75 Å². The Bertz CT molecular complexity index is 1020. The summed E-state index contributed by atoms with van der Waals surface area (Å²) in [7, 11) is 0. The molecule has 0 spiro atoms. The van der Waals surface area contributed by atoms with E-state index in [4.69, 9.17) is 9.47 Å². The molecule has 3 heterocycles. The standard InChI is InChI=1S/C20H20FN5O3/c21-13-29-16-3-1-14(2-4-16)15-11-17(19(27)23-12-15)24-18-5-6-22-20(25-18)26-7-9-28-10-8-26/h1-6,11-12H,7-10,13H2,(H,23,27)(H,22,24,25).